The van der Waals surface area contributed by atoms with E-state index in [0.29, 0.717) is 24.8 Å². The molecule has 2 aromatic heterocycles. The highest BCUT2D eigenvalue weighted by Crippen LogP contribution is 2.40. The molecule has 0 spiro atoms. The zero-order chi connectivity index (χ0) is 23.3. The number of aliphatic carboxylic acids is 1. The zero-order valence-electron chi connectivity index (χ0n) is 17.0. The standard InChI is InChI=1S/C19H23N5O8/c20-9-19(13-6-5-11-17(21)22-10-23-24(11)13)16(28)15(27)12(32-19)8-31-18(29)30-7-3-1-2-4-14(25)26/h5-6,10,12,15-16,27-28H,1-4,7-8H2,(H,25,26)(H2,21,22,23)/t12?,15-,16-,19+/m1/s1. The molecule has 0 bridgehead atoms. The van der Waals surface area contributed by atoms with E-state index in [9.17, 15) is 25.1 Å². The van der Waals surface area contributed by atoms with E-state index in [1.807, 2.05) is 6.07 Å². The summed E-state index contributed by atoms with van der Waals surface area (Å²) in [5, 5.41) is 43.4. The van der Waals surface area contributed by atoms with Gasteiger partial charge in [0.1, 0.15) is 42.8 Å². The van der Waals surface area contributed by atoms with Gasteiger partial charge in [-0.1, -0.05) is 0 Å². The quantitative estimate of drug-likeness (QED) is 0.294. The molecule has 1 saturated heterocycles. The summed E-state index contributed by atoms with van der Waals surface area (Å²) in [7, 11) is 0. The Kier molecular flexibility index (Phi) is 7.08. The number of fused-ring (bicyclic) bond motifs is 1. The third-order valence-electron chi connectivity index (χ3n) is 5.11. The molecular formula is C19H23N5O8. The van der Waals surface area contributed by atoms with Gasteiger partial charge in [-0.15, -0.1) is 0 Å². The Morgan fingerprint density at radius 3 is 2.78 bits per heavy atom. The molecule has 1 aliphatic rings. The Morgan fingerprint density at radius 2 is 2.06 bits per heavy atom. The van der Waals surface area contributed by atoms with Gasteiger partial charge in [-0.2, -0.15) is 10.4 Å². The number of hydrogen-bond acceptors (Lipinski definition) is 11. The number of carbonyl (C=O) groups excluding carboxylic acids is 1. The first-order valence-electron chi connectivity index (χ1n) is 9.85. The highest BCUT2D eigenvalue weighted by molar-refractivity contribution is 5.66. The van der Waals surface area contributed by atoms with Crippen LogP contribution in [0.5, 0.6) is 0 Å². The molecule has 13 nitrogen and oxygen atoms in total. The van der Waals surface area contributed by atoms with Crippen molar-refractivity contribution in [2.75, 3.05) is 18.9 Å². The molecule has 13 heteroatoms. The molecule has 0 aliphatic carbocycles. The van der Waals surface area contributed by atoms with Crippen molar-refractivity contribution in [3.8, 4) is 6.07 Å². The Labute approximate surface area is 181 Å². The number of carbonyl (C=O) groups is 2. The molecule has 5 N–H and O–H groups in total. The highest BCUT2D eigenvalue weighted by Gasteiger charge is 2.57. The number of nitrogen functional groups attached to an aromatic ring is 1. The first kappa shape index (κ1) is 23.2. The lowest BCUT2D eigenvalue weighted by atomic mass is 9.92. The predicted octanol–water partition coefficient (Wildman–Crippen LogP) is -0.0508. The summed E-state index contributed by atoms with van der Waals surface area (Å²) in [6.45, 7) is -0.436. The van der Waals surface area contributed by atoms with Crippen LogP contribution in [0.15, 0.2) is 18.5 Å². The minimum atomic E-state index is -1.99. The largest absolute Gasteiger partial charge is 0.508 e. The van der Waals surface area contributed by atoms with Gasteiger partial charge in [0.2, 0.25) is 5.60 Å². The molecular weight excluding hydrogens is 426 g/mol. The molecule has 2 aromatic rings. The lowest BCUT2D eigenvalue weighted by molar-refractivity contribution is -0.137. The van der Waals surface area contributed by atoms with Crippen LogP contribution in [0.3, 0.4) is 0 Å². The number of aliphatic hydroxyl groups is 2. The van der Waals surface area contributed by atoms with Crippen molar-refractivity contribution in [3.05, 3.63) is 24.2 Å². The minimum absolute atomic E-state index is 0.0363. The van der Waals surface area contributed by atoms with Crippen LogP contribution in [0.1, 0.15) is 31.4 Å². The fourth-order valence-corrected chi connectivity index (χ4v) is 3.45. The smallest absolute Gasteiger partial charge is 0.481 e. The van der Waals surface area contributed by atoms with Crippen molar-refractivity contribution < 1.29 is 39.1 Å². The van der Waals surface area contributed by atoms with Gasteiger partial charge in [0.25, 0.3) is 0 Å². The highest BCUT2D eigenvalue weighted by atomic mass is 16.7. The SMILES string of the molecule is N#C[C@@]1(c2ccc3c(N)ncnn23)OC(COC(=O)OCCCCCC(=O)O)[C@@H](O)[C@H]1O. The molecule has 1 aliphatic heterocycles. The second kappa shape index (κ2) is 9.77. The number of anilines is 1. The van der Waals surface area contributed by atoms with Crippen LogP contribution in [0, 0.1) is 11.3 Å². The number of nitrogens with zero attached hydrogens (tertiary/aromatic N) is 4. The van der Waals surface area contributed by atoms with Crippen LogP contribution in [-0.2, 0) is 24.6 Å². The van der Waals surface area contributed by atoms with E-state index in [-0.39, 0.29) is 24.5 Å². The number of aromatic nitrogens is 3. The third-order valence-corrected chi connectivity index (χ3v) is 5.11. The number of ether oxygens (including phenoxy) is 3. The molecule has 1 fully saturated rings. The summed E-state index contributed by atoms with van der Waals surface area (Å²) in [6.07, 6.45) is -2.71. The molecule has 0 saturated carbocycles. The zero-order valence-corrected chi connectivity index (χ0v) is 17.0. The number of aliphatic hydroxyl groups excluding tert-OH is 2. The van der Waals surface area contributed by atoms with E-state index < -0.39 is 42.6 Å². The molecule has 0 aromatic carbocycles. The van der Waals surface area contributed by atoms with Gasteiger partial charge in [0.05, 0.1) is 12.3 Å². The van der Waals surface area contributed by atoms with E-state index in [2.05, 4.69) is 10.1 Å². The second-order valence-electron chi connectivity index (χ2n) is 7.21. The number of rotatable bonds is 9. The Hall–Kier alpha value is -3.47. The van der Waals surface area contributed by atoms with Gasteiger partial charge >= 0.3 is 12.1 Å². The van der Waals surface area contributed by atoms with Gasteiger partial charge in [-0.25, -0.2) is 14.3 Å². The Morgan fingerprint density at radius 1 is 1.28 bits per heavy atom. The normalized spacial score (nSPS) is 24.8. The fraction of sp³-hybridized carbons (Fsp3) is 0.526. The number of carboxylic acids is 1. The van der Waals surface area contributed by atoms with Crippen molar-refractivity contribution in [2.24, 2.45) is 0 Å². The van der Waals surface area contributed by atoms with E-state index >= 15 is 0 Å². The summed E-state index contributed by atoms with van der Waals surface area (Å²) in [6, 6.07) is 4.90. The summed E-state index contributed by atoms with van der Waals surface area (Å²) < 4.78 is 16.8. The molecule has 1 unspecified atom stereocenters. The Bertz CT molecular complexity index is 1020. The maximum absolute atomic E-state index is 11.8. The molecule has 3 heterocycles. The lowest BCUT2D eigenvalue weighted by Crippen LogP contribution is -2.41. The Balaban J connectivity index is 1.59. The predicted molar refractivity (Wildman–Crippen MR) is 105 cm³/mol. The first-order valence-corrected chi connectivity index (χ1v) is 9.85. The summed E-state index contributed by atoms with van der Waals surface area (Å²) in [4.78, 5) is 26.1. The maximum atomic E-state index is 11.8. The lowest BCUT2D eigenvalue weighted by Gasteiger charge is -2.24. The summed E-state index contributed by atoms with van der Waals surface area (Å²) in [5.41, 5.74) is 4.32. The number of nitriles is 1. The van der Waals surface area contributed by atoms with Crippen LogP contribution >= 0.6 is 0 Å². The first-order chi connectivity index (χ1) is 15.3. The van der Waals surface area contributed by atoms with Crippen molar-refractivity contribution in [1.82, 2.24) is 14.6 Å². The number of hydrogen-bond donors (Lipinski definition) is 4. The molecule has 32 heavy (non-hydrogen) atoms. The maximum Gasteiger partial charge on any atom is 0.508 e. The van der Waals surface area contributed by atoms with Gasteiger partial charge in [0, 0.05) is 6.42 Å². The topological polar surface area (TPSA) is 203 Å². The summed E-state index contributed by atoms with van der Waals surface area (Å²) in [5.74, 6) is -0.738. The van der Waals surface area contributed by atoms with Crippen LogP contribution in [-0.4, -0.2) is 73.6 Å². The van der Waals surface area contributed by atoms with Crippen LogP contribution in [0.2, 0.25) is 0 Å². The average molecular weight is 449 g/mol. The average Bonchev–Trinajstić information content (AvgIpc) is 3.30. The number of unbranched alkanes of at least 4 members (excludes halogenated alkanes) is 2. The van der Waals surface area contributed by atoms with Crippen molar-refractivity contribution >= 4 is 23.5 Å². The van der Waals surface area contributed by atoms with Gasteiger partial charge < -0.3 is 35.3 Å². The van der Waals surface area contributed by atoms with Crippen molar-refractivity contribution in [2.45, 2.75) is 49.6 Å². The summed E-state index contributed by atoms with van der Waals surface area (Å²) >= 11 is 0. The van der Waals surface area contributed by atoms with Crippen LogP contribution in [0.4, 0.5) is 10.6 Å². The van der Waals surface area contributed by atoms with Crippen LogP contribution < -0.4 is 5.73 Å². The second-order valence-corrected chi connectivity index (χ2v) is 7.21. The molecule has 0 amide bonds. The van der Waals surface area contributed by atoms with Crippen molar-refractivity contribution in [3.63, 3.8) is 0 Å². The van der Waals surface area contributed by atoms with Gasteiger partial charge in [-0.05, 0) is 31.4 Å². The molecule has 4 atom stereocenters. The van der Waals surface area contributed by atoms with Crippen LogP contribution in [0.25, 0.3) is 5.52 Å². The van der Waals surface area contributed by atoms with E-state index in [1.165, 1.54) is 16.9 Å². The van der Waals surface area contributed by atoms with E-state index in [4.69, 9.17) is 25.1 Å². The van der Waals surface area contributed by atoms with E-state index in [0.717, 1.165) is 0 Å². The number of nitrogens with two attached hydrogens (primary N) is 1. The van der Waals surface area contributed by atoms with Gasteiger partial charge in [0.15, 0.2) is 5.82 Å². The van der Waals surface area contributed by atoms with E-state index in [1.54, 1.807) is 6.07 Å². The monoisotopic (exact) mass is 449 g/mol. The fourth-order valence-electron chi connectivity index (χ4n) is 3.45. The molecule has 3 rings (SSSR count). The minimum Gasteiger partial charge on any atom is -0.481 e. The number of carboxylic acid groups (broad SMARTS) is 1. The molecule has 0 radical (unpaired) electrons. The third kappa shape index (κ3) is 4.57. The molecule has 172 valence electrons. The van der Waals surface area contributed by atoms with Gasteiger partial charge in [-0.3, -0.25) is 4.79 Å². The van der Waals surface area contributed by atoms with Crippen molar-refractivity contribution in [1.29, 1.82) is 5.26 Å².